The first-order chi connectivity index (χ1) is 17.5. The van der Waals surface area contributed by atoms with Crippen LogP contribution < -0.4 is 15.5 Å². The standard InChI is InChI=1S/C29H30N4O3/c1-3-36-29(35)21-9-14-24-25(19-21)31-28(34)26(24)27(20-7-5-4-6-8-20)30-22-10-12-23(13-11-22)33-17-15-32(2)16-18-33/h4-14,19,30H,3,15-18H2,1-2H3,(H,31,34)/b27-26-. The molecule has 0 aliphatic carbocycles. The number of nitrogens with one attached hydrogen (secondary N) is 2. The molecule has 2 heterocycles. The average Bonchev–Trinajstić information content (AvgIpc) is 3.23. The van der Waals surface area contributed by atoms with Crippen molar-refractivity contribution < 1.29 is 14.3 Å². The van der Waals surface area contributed by atoms with Crippen LogP contribution in [0.2, 0.25) is 0 Å². The molecule has 0 saturated carbocycles. The molecular formula is C29H30N4O3. The quantitative estimate of drug-likeness (QED) is 0.397. The first-order valence-corrected chi connectivity index (χ1v) is 12.3. The van der Waals surface area contributed by atoms with Crippen LogP contribution in [0.15, 0.2) is 72.8 Å². The van der Waals surface area contributed by atoms with Crippen LogP contribution in [-0.4, -0.2) is 56.6 Å². The van der Waals surface area contributed by atoms with Gasteiger partial charge in [-0.15, -0.1) is 0 Å². The van der Waals surface area contributed by atoms with Crippen molar-refractivity contribution in [3.05, 3.63) is 89.5 Å². The second-order valence-corrected chi connectivity index (χ2v) is 9.01. The van der Waals surface area contributed by atoms with Gasteiger partial charge in [0.05, 0.1) is 29.1 Å². The first kappa shape index (κ1) is 23.6. The summed E-state index contributed by atoms with van der Waals surface area (Å²) in [6, 6.07) is 23.3. The zero-order valence-corrected chi connectivity index (χ0v) is 20.6. The number of fused-ring (bicyclic) bond motifs is 1. The van der Waals surface area contributed by atoms with E-state index in [2.05, 4.69) is 51.7 Å². The third kappa shape index (κ3) is 4.83. The first-order valence-electron chi connectivity index (χ1n) is 12.3. The van der Waals surface area contributed by atoms with Gasteiger partial charge in [-0.1, -0.05) is 36.4 Å². The third-order valence-corrected chi connectivity index (χ3v) is 6.59. The number of likely N-dealkylation sites (N-methyl/N-ethyl adjacent to an activating group) is 1. The average molecular weight is 483 g/mol. The fourth-order valence-corrected chi connectivity index (χ4v) is 4.61. The van der Waals surface area contributed by atoms with E-state index >= 15 is 0 Å². The van der Waals surface area contributed by atoms with Gasteiger partial charge in [0, 0.05) is 43.1 Å². The lowest BCUT2D eigenvalue weighted by Gasteiger charge is -2.34. The molecule has 1 saturated heterocycles. The maximum atomic E-state index is 13.2. The van der Waals surface area contributed by atoms with E-state index in [1.165, 1.54) is 5.69 Å². The van der Waals surface area contributed by atoms with E-state index in [0.29, 0.717) is 29.1 Å². The van der Waals surface area contributed by atoms with E-state index in [1.54, 1.807) is 25.1 Å². The lowest BCUT2D eigenvalue weighted by Crippen LogP contribution is -2.44. The van der Waals surface area contributed by atoms with Gasteiger partial charge < -0.3 is 25.2 Å². The molecule has 2 aliphatic rings. The van der Waals surface area contributed by atoms with Gasteiger partial charge in [-0.25, -0.2) is 4.79 Å². The molecule has 1 fully saturated rings. The molecule has 7 heteroatoms. The predicted molar refractivity (Wildman–Crippen MR) is 144 cm³/mol. The van der Waals surface area contributed by atoms with Crippen molar-refractivity contribution in [3.63, 3.8) is 0 Å². The molecule has 3 aromatic carbocycles. The summed E-state index contributed by atoms with van der Waals surface area (Å²) < 4.78 is 5.11. The van der Waals surface area contributed by atoms with Crippen molar-refractivity contribution in [2.45, 2.75) is 6.92 Å². The Hall–Kier alpha value is -4.10. The predicted octanol–water partition coefficient (Wildman–Crippen LogP) is 4.55. The van der Waals surface area contributed by atoms with Crippen LogP contribution in [0.25, 0.3) is 11.3 Å². The Kier molecular flexibility index (Phi) is 6.73. The lowest BCUT2D eigenvalue weighted by atomic mass is 9.99. The Balaban J connectivity index is 1.49. The number of rotatable bonds is 6. The molecule has 0 radical (unpaired) electrons. The Morgan fingerprint density at radius 2 is 1.67 bits per heavy atom. The minimum Gasteiger partial charge on any atom is -0.462 e. The Morgan fingerprint density at radius 3 is 2.36 bits per heavy atom. The summed E-state index contributed by atoms with van der Waals surface area (Å²) in [5.41, 5.74) is 5.98. The topological polar surface area (TPSA) is 73.9 Å². The molecule has 5 rings (SSSR count). The molecule has 3 aromatic rings. The van der Waals surface area contributed by atoms with Gasteiger partial charge in [-0.2, -0.15) is 0 Å². The summed E-state index contributed by atoms with van der Waals surface area (Å²) in [6.45, 7) is 6.18. The number of ether oxygens (including phenoxy) is 1. The summed E-state index contributed by atoms with van der Waals surface area (Å²) in [7, 11) is 2.15. The lowest BCUT2D eigenvalue weighted by molar-refractivity contribution is -0.110. The van der Waals surface area contributed by atoms with Crippen LogP contribution in [0, 0.1) is 0 Å². The van der Waals surface area contributed by atoms with Crippen molar-refractivity contribution >= 4 is 40.2 Å². The summed E-state index contributed by atoms with van der Waals surface area (Å²) in [6.07, 6.45) is 0. The van der Waals surface area contributed by atoms with Gasteiger partial charge in [-0.05, 0) is 55.9 Å². The minimum absolute atomic E-state index is 0.216. The number of piperazine rings is 1. The molecule has 0 spiro atoms. The van der Waals surface area contributed by atoms with Crippen LogP contribution in [-0.2, 0) is 9.53 Å². The zero-order chi connectivity index (χ0) is 25.1. The van der Waals surface area contributed by atoms with Crippen molar-refractivity contribution in [2.75, 3.05) is 55.4 Å². The normalized spacial score (nSPS) is 16.8. The molecule has 1 amide bonds. The van der Waals surface area contributed by atoms with Crippen molar-refractivity contribution in [1.29, 1.82) is 0 Å². The zero-order valence-electron chi connectivity index (χ0n) is 20.6. The fourth-order valence-electron chi connectivity index (χ4n) is 4.61. The maximum absolute atomic E-state index is 13.2. The molecule has 7 nitrogen and oxygen atoms in total. The summed E-state index contributed by atoms with van der Waals surface area (Å²) in [5.74, 6) is -0.625. The van der Waals surface area contributed by atoms with Gasteiger partial charge >= 0.3 is 5.97 Å². The fraction of sp³-hybridized carbons (Fsp3) is 0.241. The molecule has 0 bridgehead atoms. The number of amides is 1. The number of esters is 1. The van der Waals surface area contributed by atoms with Crippen molar-refractivity contribution in [2.24, 2.45) is 0 Å². The second-order valence-electron chi connectivity index (χ2n) is 9.01. The number of nitrogens with zero attached hydrogens (tertiary/aromatic N) is 2. The highest BCUT2D eigenvalue weighted by atomic mass is 16.5. The number of hydrogen-bond acceptors (Lipinski definition) is 6. The van der Waals surface area contributed by atoms with Gasteiger partial charge in [0.2, 0.25) is 0 Å². The van der Waals surface area contributed by atoms with Crippen LogP contribution in [0.3, 0.4) is 0 Å². The van der Waals surface area contributed by atoms with E-state index in [-0.39, 0.29) is 5.91 Å². The number of anilines is 3. The van der Waals surface area contributed by atoms with Crippen molar-refractivity contribution in [3.8, 4) is 0 Å². The van der Waals surface area contributed by atoms with Crippen molar-refractivity contribution in [1.82, 2.24) is 4.90 Å². The monoisotopic (exact) mass is 482 g/mol. The SMILES string of the molecule is CCOC(=O)c1ccc2c(c1)NC(=O)/C2=C(\Nc1ccc(N2CCN(C)CC2)cc1)c1ccccc1. The molecule has 0 unspecified atom stereocenters. The maximum Gasteiger partial charge on any atom is 0.338 e. The van der Waals surface area contributed by atoms with Gasteiger partial charge in [0.25, 0.3) is 5.91 Å². The summed E-state index contributed by atoms with van der Waals surface area (Å²) >= 11 is 0. The number of carbonyl (C=O) groups is 2. The third-order valence-electron chi connectivity index (χ3n) is 6.59. The molecule has 2 aliphatic heterocycles. The van der Waals surface area contributed by atoms with Crippen LogP contribution >= 0.6 is 0 Å². The van der Waals surface area contributed by atoms with E-state index in [9.17, 15) is 9.59 Å². The van der Waals surface area contributed by atoms with E-state index in [1.807, 2.05) is 30.3 Å². The van der Waals surface area contributed by atoms with Crippen LogP contribution in [0.4, 0.5) is 17.1 Å². The minimum atomic E-state index is -0.408. The smallest absolute Gasteiger partial charge is 0.338 e. The van der Waals surface area contributed by atoms with E-state index < -0.39 is 5.97 Å². The van der Waals surface area contributed by atoms with Crippen LogP contribution in [0.1, 0.15) is 28.4 Å². The van der Waals surface area contributed by atoms with Crippen LogP contribution in [0.5, 0.6) is 0 Å². The Labute approximate surface area is 211 Å². The highest BCUT2D eigenvalue weighted by Gasteiger charge is 2.29. The number of carbonyl (C=O) groups excluding carboxylic acids is 2. The number of benzene rings is 3. The molecule has 36 heavy (non-hydrogen) atoms. The molecule has 2 N–H and O–H groups in total. The summed E-state index contributed by atoms with van der Waals surface area (Å²) in [4.78, 5) is 30.1. The Morgan fingerprint density at radius 1 is 0.944 bits per heavy atom. The highest BCUT2D eigenvalue weighted by molar-refractivity contribution is 6.37. The molecule has 0 atom stereocenters. The largest absolute Gasteiger partial charge is 0.462 e. The van der Waals surface area contributed by atoms with E-state index in [0.717, 1.165) is 43.0 Å². The van der Waals surface area contributed by atoms with Gasteiger partial charge in [0.1, 0.15) is 0 Å². The Bertz CT molecular complexity index is 1290. The molecule has 184 valence electrons. The molecular weight excluding hydrogens is 452 g/mol. The summed E-state index contributed by atoms with van der Waals surface area (Å²) in [5, 5.41) is 6.43. The number of hydrogen-bond donors (Lipinski definition) is 2. The van der Waals surface area contributed by atoms with Gasteiger partial charge in [-0.3, -0.25) is 4.79 Å². The van der Waals surface area contributed by atoms with Gasteiger partial charge in [0.15, 0.2) is 0 Å². The highest BCUT2D eigenvalue weighted by Crippen LogP contribution is 2.38. The second kappa shape index (κ2) is 10.3. The van der Waals surface area contributed by atoms with E-state index in [4.69, 9.17) is 4.74 Å². The molecule has 0 aromatic heterocycles.